The van der Waals surface area contributed by atoms with E-state index >= 15 is 0 Å². The molecule has 86 valence electrons. The van der Waals surface area contributed by atoms with Crippen molar-refractivity contribution in [3.63, 3.8) is 0 Å². The average molecular weight is 222 g/mol. The first-order chi connectivity index (χ1) is 7.67. The number of carbonyl (C=O) groups is 1. The van der Waals surface area contributed by atoms with Gasteiger partial charge in [0, 0.05) is 6.42 Å². The molecule has 0 saturated carbocycles. The van der Waals surface area contributed by atoms with Crippen LogP contribution in [-0.2, 0) is 17.6 Å². The van der Waals surface area contributed by atoms with Gasteiger partial charge < -0.3 is 4.74 Å². The third-order valence-electron chi connectivity index (χ3n) is 3.07. The first-order valence-electron chi connectivity index (χ1n) is 5.68. The third kappa shape index (κ3) is 1.70. The first kappa shape index (κ1) is 11.1. The van der Waals surface area contributed by atoms with Gasteiger partial charge in [0.15, 0.2) is 0 Å². The summed E-state index contributed by atoms with van der Waals surface area (Å²) in [5.41, 5.74) is 1.49. The summed E-state index contributed by atoms with van der Waals surface area (Å²) >= 11 is 0. The largest absolute Gasteiger partial charge is 0.458 e. The summed E-state index contributed by atoms with van der Waals surface area (Å²) in [6.45, 7) is 3.83. The summed E-state index contributed by atoms with van der Waals surface area (Å²) in [7, 11) is 0. The Labute approximate surface area is 94.4 Å². The lowest BCUT2D eigenvalue weighted by atomic mass is 9.94. The molecule has 3 heteroatoms. The molecule has 1 atom stereocenters. The van der Waals surface area contributed by atoms with Gasteiger partial charge in [0.05, 0.1) is 5.56 Å². The predicted octanol–water partition coefficient (Wildman–Crippen LogP) is 2.88. The van der Waals surface area contributed by atoms with Crippen LogP contribution in [-0.4, -0.2) is 12.1 Å². The Hall–Kier alpha value is -1.38. The number of ether oxygens (including phenoxy) is 1. The van der Waals surface area contributed by atoms with Crippen LogP contribution < -0.4 is 0 Å². The molecule has 0 saturated heterocycles. The van der Waals surface area contributed by atoms with Crippen LogP contribution in [0, 0.1) is 5.82 Å². The Morgan fingerprint density at radius 2 is 2.19 bits per heavy atom. The van der Waals surface area contributed by atoms with Gasteiger partial charge in [0.1, 0.15) is 11.9 Å². The van der Waals surface area contributed by atoms with Crippen molar-refractivity contribution in [2.75, 3.05) is 0 Å². The van der Waals surface area contributed by atoms with Crippen LogP contribution in [0.5, 0.6) is 0 Å². The highest BCUT2D eigenvalue weighted by Crippen LogP contribution is 2.26. The molecule has 1 unspecified atom stereocenters. The minimum absolute atomic E-state index is 0.105. The minimum atomic E-state index is -0.513. The molecule has 0 fully saturated rings. The molecule has 0 N–H and O–H groups in total. The second kappa shape index (κ2) is 4.24. The molecular formula is C13H15FO2. The van der Waals surface area contributed by atoms with E-state index in [2.05, 4.69) is 0 Å². The van der Waals surface area contributed by atoms with Crippen LogP contribution in [0.15, 0.2) is 12.1 Å². The van der Waals surface area contributed by atoms with Crippen LogP contribution in [0.3, 0.4) is 0 Å². The topological polar surface area (TPSA) is 26.3 Å². The fourth-order valence-electron chi connectivity index (χ4n) is 2.05. The van der Waals surface area contributed by atoms with E-state index in [0.717, 1.165) is 12.0 Å². The summed E-state index contributed by atoms with van der Waals surface area (Å²) in [5.74, 6) is -0.916. The molecule has 0 aromatic heterocycles. The number of aryl methyl sites for hydroxylation is 1. The second-order valence-electron chi connectivity index (χ2n) is 4.07. The van der Waals surface area contributed by atoms with Crippen molar-refractivity contribution < 1.29 is 13.9 Å². The zero-order valence-electron chi connectivity index (χ0n) is 9.55. The molecule has 0 bridgehead atoms. The zero-order valence-corrected chi connectivity index (χ0v) is 9.55. The normalized spacial score (nSPS) is 19.2. The molecule has 2 nitrogen and oxygen atoms in total. The van der Waals surface area contributed by atoms with Crippen LogP contribution in [0.1, 0.15) is 41.8 Å². The summed E-state index contributed by atoms with van der Waals surface area (Å²) in [4.78, 5) is 11.7. The Kier molecular flexibility index (Phi) is 2.95. The van der Waals surface area contributed by atoms with Gasteiger partial charge in [0.25, 0.3) is 0 Å². The maximum Gasteiger partial charge on any atom is 0.341 e. The van der Waals surface area contributed by atoms with E-state index in [1.54, 1.807) is 6.07 Å². The molecule has 16 heavy (non-hydrogen) atoms. The Balaban J connectivity index is 2.48. The van der Waals surface area contributed by atoms with Gasteiger partial charge in [-0.3, -0.25) is 0 Å². The number of benzene rings is 1. The van der Waals surface area contributed by atoms with Crippen LogP contribution in [0.4, 0.5) is 4.39 Å². The fourth-order valence-corrected chi connectivity index (χ4v) is 2.05. The highest BCUT2D eigenvalue weighted by molar-refractivity contribution is 5.92. The van der Waals surface area contributed by atoms with Crippen molar-refractivity contribution in [2.24, 2.45) is 0 Å². The molecule has 0 aliphatic carbocycles. The maximum atomic E-state index is 13.9. The van der Waals surface area contributed by atoms with Crippen molar-refractivity contribution >= 4 is 5.97 Å². The summed E-state index contributed by atoms with van der Waals surface area (Å²) in [5, 5.41) is 0. The molecule has 1 aromatic rings. The average Bonchev–Trinajstić information content (AvgIpc) is 2.28. The van der Waals surface area contributed by atoms with Crippen molar-refractivity contribution in [1.29, 1.82) is 0 Å². The van der Waals surface area contributed by atoms with E-state index in [-0.39, 0.29) is 11.7 Å². The molecular weight excluding hydrogens is 207 g/mol. The lowest BCUT2D eigenvalue weighted by Crippen LogP contribution is -2.28. The standard InChI is InChI=1S/C13H15FO2/c1-3-8-5-6-9-7-10(4-2)16-13(15)11(9)12(8)14/h5-6,10H,3-4,7H2,1-2H3. The molecule has 2 rings (SSSR count). The van der Waals surface area contributed by atoms with Crippen LogP contribution >= 0.6 is 0 Å². The molecule has 1 aromatic carbocycles. The number of cyclic esters (lactones) is 1. The number of rotatable bonds is 2. The molecule has 0 spiro atoms. The van der Waals surface area contributed by atoms with Gasteiger partial charge in [0.2, 0.25) is 0 Å². The van der Waals surface area contributed by atoms with E-state index in [9.17, 15) is 9.18 Å². The molecule has 1 heterocycles. The molecule has 1 aliphatic rings. The summed E-state index contributed by atoms with van der Waals surface area (Å²) in [6.07, 6.45) is 1.87. The van der Waals surface area contributed by atoms with E-state index in [0.29, 0.717) is 18.4 Å². The molecule has 0 radical (unpaired) electrons. The number of esters is 1. The Morgan fingerprint density at radius 1 is 1.44 bits per heavy atom. The van der Waals surface area contributed by atoms with E-state index < -0.39 is 11.8 Å². The summed E-state index contributed by atoms with van der Waals surface area (Å²) in [6, 6.07) is 3.61. The Morgan fingerprint density at radius 3 is 2.81 bits per heavy atom. The number of hydrogen-bond donors (Lipinski definition) is 0. The third-order valence-corrected chi connectivity index (χ3v) is 3.07. The molecule has 1 aliphatic heterocycles. The van der Waals surface area contributed by atoms with Gasteiger partial charge >= 0.3 is 5.97 Å². The van der Waals surface area contributed by atoms with E-state index in [4.69, 9.17) is 4.74 Å². The van der Waals surface area contributed by atoms with Gasteiger partial charge in [-0.25, -0.2) is 9.18 Å². The van der Waals surface area contributed by atoms with Crippen molar-refractivity contribution in [3.8, 4) is 0 Å². The second-order valence-corrected chi connectivity index (χ2v) is 4.07. The van der Waals surface area contributed by atoms with Gasteiger partial charge in [-0.15, -0.1) is 0 Å². The first-order valence-corrected chi connectivity index (χ1v) is 5.68. The maximum absolute atomic E-state index is 13.9. The molecule has 0 amide bonds. The zero-order chi connectivity index (χ0) is 11.7. The van der Waals surface area contributed by atoms with E-state index in [1.165, 1.54) is 0 Å². The predicted molar refractivity (Wildman–Crippen MR) is 59.0 cm³/mol. The van der Waals surface area contributed by atoms with Crippen LogP contribution in [0.2, 0.25) is 0 Å². The Bertz CT molecular complexity index is 426. The van der Waals surface area contributed by atoms with Crippen molar-refractivity contribution in [2.45, 2.75) is 39.2 Å². The van der Waals surface area contributed by atoms with Crippen LogP contribution in [0.25, 0.3) is 0 Å². The summed E-state index contributed by atoms with van der Waals surface area (Å²) < 4.78 is 19.1. The highest BCUT2D eigenvalue weighted by atomic mass is 19.1. The fraction of sp³-hybridized carbons (Fsp3) is 0.462. The number of halogens is 1. The van der Waals surface area contributed by atoms with Crippen molar-refractivity contribution in [1.82, 2.24) is 0 Å². The van der Waals surface area contributed by atoms with Gasteiger partial charge in [-0.05, 0) is 24.0 Å². The monoisotopic (exact) mass is 222 g/mol. The SMILES string of the molecule is CCc1ccc2c(c1F)C(=O)OC(CC)C2. The number of fused-ring (bicyclic) bond motifs is 1. The minimum Gasteiger partial charge on any atom is -0.458 e. The quantitative estimate of drug-likeness (QED) is 0.719. The number of hydrogen-bond acceptors (Lipinski definition) is 2. The van der Waals surface area contributed by atoms with Gasteiger partial charge in [-0.2, -0.15) is 0 Å². The number of carbonyl (C=O) groups excluding carboxylic acids is 1. The smallest absolute Gasteiger partial charge is 0.341 e. The van der Waals surface area contributed by atoms with Crippen molar-refractivity contribution in [3.05, 3.63) is 34.6 Å². The van der Waals surface area contributed by atoms with E-state index in [1.807, 2.05) is 19.9 Å². The lowest BCUT2D eigenvalue weighted by Gasteiger charge is -2.24. The lowest BCUT2D eigenvalue weighted by molar-refractivity contribution is 0.0242. The highest BCUT2D eigenvalue weighted by Gasteiger charge is 2.29. The van der Waals surface area contributed by atoms with Gasteiger partial charge in [-0.1, -0.05) is 26.0 Å².